The third kappa shape index (κ3) is 3.04. The van der Waals surface area contributed by atoms with E-state index >= 15 is 0 Å². The van der Waals surface area contributed by atoms with Crippen LogP contribution >= 0.6 is 0 Å². The summed E-state index contributed by atoms with van der Waals surface area (Å²) in [7, 11) is 1.85. The Morgan fingerprint density at radius 1 is 1.18 bits per heavy atom. The Labute approximate surface area is 131 Å². The highest BCUT2D eigenvalue weighted by molar-refractivity contribution is 5.80. The van der Waals surface area contributed by atoms with Gasteiger partial charge in [-0.1, -0.05) is 30.4 Å². The van der Waals surface area contributed by atoms with Gasteiger partial charge in [0.1, 0.15) is 5.82 Å². The van der Waals surface area contributed by atoms with Gasteiger partial charge in [-0.05, 0) is 60.6 Å². The first kappa shape index (κ1) is 14.8. The molecule has 0 unspecified atom stereocenters. The van der Waals surface area contributed by atoms with Crippen molar-refractivity contribution in [3.05, 3.63) is 64.5 Å². The normalized spacial score (nSPS) is 14.5. The second-order valence-corrected chi connectivity index (χ2v) is 6.00. The maximum Gasteiger partial charge on any atom is 0.123 e. The topological polar surface area (TPSA) is 29.3 Å². The van der Waals surface area contributed by atoms with Crippen LogP contribution in [0.4, 0.5) is 10.1 Å². The number of rotatable bonds is 4. The maximum absolute atomic E-state index is 13.2. The lowest BCUT2D eigenvalue weighted by atomic mass is 9.99. The average molecular weight is 296 g/mol. The van der Waals surface area contributed by atoms with E-state index in [1.165, 1.54) is 30.0 Å². The molecule has 114 valence electrons. The van der Waals surface area contributed by atoms with E-state index in [-0.39, 0.29) is 5.82 Å². The van der Waals surface area contributed by atoms with E-state index in [1.807, 2.05) is 32.2 Å². The van der Waals surface area contributed by atoms with Crippen molar-refractivity contribution in [2.24, 2.45) is 5.84 Å². The Hall–Kier alpha value is -2.13. The summed E-state index contributed by atoms with van der Waals surface area (Å²) in [6.07, 6.45) is 6.64. The van der Waals surface area contributed by atoms with E-state index in [4.69, 9.17) is 5.84 Å². The number of nitrogens with zero attached hydrogens (tertiary/aromatic N) is 1. The summed E-state index contributed by atoms with van der Waals surface area (Å²) in [5.74, 6) is 6.42. The minimum Gasteiger partial charge on any atom is -0.314 e. The fourth-order valence-electron chi connectivity index (χ4n) is 2.81. The predicted molar refractivity (Wildman–Crippen MR) is 91.1 cm³/mol. The van der Waals surface area contributed by atoms with Crippen molar-refractivity contribution >= 4 is 17.8 Å². The molecule has 3 heteroatoms. The molecule has 0 aliphatic heterocycles. The highest BCUT2D eigenvalue weighted by Gasteiger charge is 2.26. The number of hydrogen-bond acceptors (Lipinski definition) is 2. The minimum absolute atomic E-state index is 0.199. The largest absolute Gasteiger partial charge is 0.314 e. The Balaban J connectivity index is 2.01. The summed E-state index contributed by atoms with van der Waals surface area (Å²) in [6, 6.07) is 11.1. The fourth-order valence-corrected chi connectivity index (χ4v) is 2.81. The van der Waals surface area contributed by atoms with Crippen LogP contribution < -0.4 is 10.9 Å². The molecule has 0 saturated heterocycles. The predicted octanol–water partition coefficient (Wildman–Crippen LogP) is 4.49. The molecule has 2 nitrogen and oxygen atoms in total. The van der Waals surface area contributed by atoms with Crippen molar-refractivity contribution in [3.8, 4) is 0 Å². The van der Waals surface area contributed by atoms with Crippen LogP contribution in [0, 0.1) is 12.7 Å². The van der Waals surface area contributed by atoms with Gasteiger partial charge in [-0.2, -0.15) is 0 Å². The van der Waals surface area contributed by atoms with E-state index < -0.39 is 0 Å². The Kier molecular flexibility index (Phi) is 3.99. The molecule has 1 aliphatic rings. The smallest absolute Gasteiger partial charge is 0.123 e. The summed E-state index contributed by atoms with van der Waals surface area (Å²) in [5, 5.41) is 1.66. The molecule has 3 rings (SSSR count). The Morgan fingerprint density at radius 2 is 1.95 bits per heavy atom. The summed E-state index contributed by atoms with van der Waals surface area (Å²) >= 11 is 0. The Morgan fingerprint density at radius 3 is 2.59 bits per heavy atom. The van der Waals surface area contributed by atoms with Gasteiger partial charge in [0.15, 0.2) is 0 Å². The number of nitrogens with two attached hydrogens (primary N) is 1. The Bertz CT molecular complexity index is 695. The van der Waals surface area contributed by atoms with Crippen molar-refractivity contribution in [2.45, 2.75) is 25.7 Å². The van der Waals surface area contributed by atoms with Crippen LogP contribution in [-0.4, -0.2) is 7.05 Å². The molecule has 2 aromatic rings. The second kappa shape index (κ2) is 5.93. The molecule has 0 aromatic heterocycles. The summed E-state index contributed by atoms with van der Waals surface area (Å²) < 4.78 is 13.2. The lowest BCUT2D eigenvalue weighted by Gasteiger charge is -2.18. The molecule has 0 heterocycles. The van der Waals surface area contributed by atoms with Crippen LogP contribution in [-0.2, 0) is 0 Å². The summed E-state index contributed by atoms with van der Waals surface area (Å²) in [5.41, 5.74) is 5.49. The first-order chi connectivity index (χ1) is 10.6. The molecule has 2 N–H and O–H groups in total. The van der Waals surface area contributed by atoms with Crippen LogP contribution in [0.5, 0.6) is 0 Å². The summed E-state index contributed by atoms with van der Waals surface area (Å²) in [4.78, 5) is 0. The van der Waals surface area contributed by atoms with Gasteiger partial charge >= 0.3 is 0 Å². The number of aryl methyl sites for hydroxylation is 1. The van der Waals surface area contributed by atoms with Gasteiger partial charge in [-0.25, -0.2) is 10.2 Å². The fraction of sp³-hybridized carbons (Fsp3) is 0.263. The summed E-state index contributed by atoms with van der Waals surface area (Å²) in [6.45, 7) is 1.92. The maximum atomic E-state index is 13.2. The number of anilines is 1. The van der Waals surface area contributed by atoms with E-state index in [9.17, 15) is 4.39 Å². The van der Waals surface area contributed by atoms with Gasteiger partial charge in [-0.15, -0.1) is 0 Å². The zero-order valence-corrected chi connectivity index (χ0v) is 13.0. The molecular weight excluding hydrogens is 275 g/mol. The highest BCUT2D eigenvalue weighted by atomic mass is 19.1. The third-order valence-corrected chi connectivity index (χ3v) is 4.18. The second-order valence-electron chi connectivity index (χ2n) is 6.00. The molecule has 0 spiro atoms. The minimum atomic E-state index is -0.199. The molecule has 1 fully saturated rings. The molecule has 1 aliphatic carbocycles. The van der Waals surface area contributed by atoms with Gasteiger partial charge in [0.25, 0.3) is 0 Å². The molecule has 0 amide bonds. The van der Waals surface area contributed by atoms with Crippen LogP contribution in [0.15, 0.2) is 36.4 Å². The van der Waals surface area contributed by atoms with Crippen molar-refractivity contribution < 1.29 is 4.39 Å². The number of hydrazine groups is 1. The zero-order valence-electron chi connectivity index (χ0n) is 13.0. The zero-order chi connectivity index (χ0) is 15.7. The average Bonchev–Trinajstić information content (AvgIpc) is 3.30. The molecule has 0 bridgehead atoms. The van der Waals surface area contributed by atoms with Crippen molar-refractivity contribution in [2.75, 3.05) is 12.1 Å². The third-order valence-electron chi connectivity index (χ3n) is 4.18. The van der Waals surface area contributed by atoms with Crippen LogP contribution in [0.25, 0.3) is 12.2 Å². The van der Waals surface area contributed by atoms with E-state index in [0.717, 1.165) is 16.8 Å². The van der Waals surface area contributed by atoms with Crippen molar-refractivity contribution in [1.29, 1.82) is 0 Å². The number of benzene rings is 2. The van der Waals surface area contributed by atoms with E-state index in [1.54, 1.807) is 11.1 Å². The first-order valence-corrected chi connectivity index (χ1v) is 7.62. The van der Waals surface area contributed by atoms with Crippen LogP contribution in [0.1, 0.15) is 41.0 Å². The molecule has 0 radical (unpaired) electrons. The van der Waals surface area contributed by atoms with Crippen LogP contribution in [0.3, 0.4) is 0 Å². The SMILES string of the molecule is Cc1cc(F)ccc1/C=C/c1c(C2CC2)cccc1N(C)N. The van der Waals surface area contributed by atoms with E-state index in [2.05, 4.69) is 18.2 Å². The lowest BCUT2D eigenvalue weighted by Crippen LogP contribution is -2.26. The van der Waals surface area contributed by atoms with Crippen molar-refractivity contribution in [3.63, 3.8) is 0 Å². The molecule has 2 aromatic carbocycles. The first-order valence-electron chi connectivity index (χ1n) is 7.62. The number of hydrogen-bond donors (Lipinski definition) is 1. The number of halogens is 1. The lowest BCUT2D eigenvalue weighted by molar-refractivity contribution is 0.626. The molecule has 1 saturated carbocycles. The highest BCUT2D eigenvalue weighted by Crippen LogP contribution is 2.44. The van der Waals surface area contributed by atoms with Gasteiger partial charge in [-0.3, -0.25) is 0 Å². The molecule has 0 atom stereocenters. The standard InChI is InChI=1S/C19H21FN2/c1-13-12-16(20)10-8-14(13)9-11-18-17(15-6-7-15)4-3-5-19(18)22(2)21/h3-5,8-12,15H,6-7,21H2,1-2H3/b11-9+. The van der Waals surface area contributed by atoms with Gasteiger partial charge in [0.05, 0.1) is 5.69 Å². The monoisotopic (exact) mass is 296 g/mol. The van der Waals surface area contributed by atoms with Gasteiger partial charge in [0, 0.05) is 12.6 Å². The molecule has 22 heavy (non-hydrogen) atoms. The van der Waals surface area contributed by atoms with Gasteiger partial charge < -0.3 is 5.01 Å². The molecular formula is C19H21FN2. The van der Waals surface area contributed by atoms with E-state index in [0.29, 0.717) is 5.92 Å². The quantitative estimate of drug-likeness (QED) is 0.511. The van der Waals surface area contributed by atoms with Crippen LogP contribution in [0.2, 0.25) is 0 Å². The van der Waals surface area contributed by atoms with Crippen molar-refractivity contribution in [1.82, 2.24) is 0 Å². The van der Waals surface area contributed by atoms with Gasteiger partial charge in [0.2, 0.25) is 0 Å².